The maximum Gasteiger partial charge on any atom is 0.335 e. The molecule has 0 aliphatic carbocycles. The highest BCUT2D eigenvalue weighted by atomic mass is 32.1. The average Bonchev–Trinajstić information content (AvgIpc) is 3.43. The van der Waals surface area contributed by atoms with Crippen molar-refractivity contribution in [2.24, 2.45) is 0 Å². The molecule has 1 aliphatic rings. The number of carbonyl (C=O) groups is 2. The zero-order valence-electron chi connectivity index (χ0n) is 23.5. The lowest BCUT2D eigenvalue weighted by Gasteiger charge is -2.28. The van der Waals surface area contributed by atoms with Gasteiger partial charge in [-0.05, 0) is 93.5 Å². The van der Waals surface area contributed by atoms with Gasteiger partial charge < -0.3 is 25.2 Å². The van der Waals surface area contributed by atoms with E-state index in [1.807, 2.05) is 76.2 Å². The first kappa shape index (κ1) is 28.0. The number of hydrogen-bond acceptors (Lipinski definition) is 4. The number of thiocarbonyl (C=S) groups is 1. The van der Waals surface area contributed by atoms with E-state index in [0.29, 0.717) is 11.7 Å². The van der Waals surface area contributed by atoms with Gasteiger partial charge in [-0.1, -0.05) is 29.8 Å². The van der Waals surface area contributed by atoms with E-state index in [-0.39, 0.29) is 30.0 Å². The monoisotopic (exact) mass is 567 g/mol. The molecule has 2 atom stereocenters. The lowest BCUT2D eigenvalue weighted by molar-refractivity contribution is -0.116. The van der Waals surface area contributed by atoms with Crippen molar-refractivity contribution in [2.45, 2.75) is 46.2 Å². The molecule has 2 aromatic heterocycles. The number of carboxylic acids is 1. The van der Waals surface area contributed by atoms with Gasteiger partial charge in [0.1, 0.15) is 0 Å². The summed E-state index contributed by atoms with van der Waals surface area (Å²) in [6.07, 6.45) is 2.01. The Morgan fingerprint density at radius 2 is 1.78 bits per heavy atom. The van der Waals surface area contributed by atoms with Gasteiger partial charge >= 0.3 is 5.97 Å². The van der Waals surface area contributed by atoms with Crippen molar-refractivity contribution in [1.29, 1.82) is 0 Å². The molecule has 0 radical (unpaired) electrons. The number of amides is 1. The third kappa shape index (κ3) is 5.71. The van der Waals surface area contributed by atoms with Crippen molar-refractivity contribution < 1.29 is 14.7 Å². The summed E-state index contributed by atoms with van der Waals surface area (Å²) in [5.74, 6) is -1.06. The van der Waals surface area contributed by atoms with Crippen LogP contribution in [0.25, 0.3) is 5.69 Å². The van der Waals surface area contributed by atoms with Crippen molar-refractivity contribution >= 4 is 34.9 Å². The fourth-order valence-corrected chi connectivity index (χ4v) is 5.84. The Kier molecular flexibility index (Phi) is 7.90. The van der Waals surface area contributed by atoms with Crippen LogP contribution < -0.4 is 10.6 Å². The number of pyridine rings is 1. The smallest absolute Gasteiger partial charge is 0.335 e. The van der Waals surface area contributed by atoms with Gasteiger partial charge in [-0.15, -0.1) is 0 Å². The normalized spacial score (nSPS) is 16.5. The molecule has 210 valence electrons. The number of carboxylic acid groups (broad SMARTS) is 1. The summed E-state index contributed by atoms with van der Waals surface area (Å²) in [7, 11) is 0. The summed E-state index contributed by atoms with van der Waals surface area (Å²) in [6, 6.07) is 20.3. The van der Waals surface area contributed by atoms with E-state index in [1.54, 1.807) is 18.3 Å². The second-order valence-electron chi connectivity index (χ2n) is 10.5. The molecule has 0 unspecified atom stereocenters. The van der Waals surface area contributed by atoms with Gasteiger partial charge in [0.25, 0.3) is 0 Å². The predicted molar refractivity (Wildman–Crippen MR) is 164 cm³/mol. The van der Waals surface area contributed by atoms with Gasteiger partial charge in [-0.3, -0.25) is 9.78 Å². The van der Waals surface area contributed by atoms with Crippen LogP contribution in [0.5, 0.6) is 0 Å². The molecular weight excluding hydrogens is 534 g/mol. The minimum absolute atomic E-state index is 0.0942. The first-order chi connectivity index (χ1) is 19.6. The van der Waals surface area contributed by atoms with E-state index >= 15 is 0 Å². The van der Waals surface area contributed by atoms with Crippen molar-refractivity contribution in [3.63, 3.8) is 0 Å². The summed E-state index contributed by atoms with van der Waals surface area (Å²) in [5.41, 5.74) is 7.72. The Bertz CT molecular complexity index is 1610. The van der Waals surface area contributed by atoms with Crippen molar-refractivity contribution in [2.75, 3.05) is 11.9 Å². The lowest BCUT2D eigenvalue weighted by Crippen LogP contribution is -2.32. The van der Waals surface area contributed by atoms with Gasteiger partial charge in [-0.25, -0.2) is 4.79 Å². The number of nitrogens with zero attached hydrogens (tertiary/aromatic N) is 3. The Hall–Kier alpha value is -4.50. The summed E-state index contributed by atoms with van der Waals surface area (Å²) in [5, 5.41) is 16.6. The molecule has 3 heterocycles. The third-order valence-corrected chi connectivity index (χ3v) is 7.95. The van der Waals surface area contributed by atoms with Gasteiger partial charge in [0.2, 0.25) is 5.91 Å². The first-order valence-corrected chi connectivity index (χ1v) is 13.9. The number of rotatable bonds is 8. The van der Waals surface area contributed by atoms with Crippen LogP contribution in [0.1, 0.15) is 62.6 Å². The maximum atomic E-state index is 12.9. The predicted octanol–water partition coefficient (Wildman–Crippen LogP) is 5.81. The minimum atomic E-state index is -0.968. The highest BCUT2D eigenvalue weighted by molar-refractivity contribution is 7.80. The molecule has 0 bridgehead atoms. The summed E-state index contributed by atoms with van der Waals surface area (Å²) in [6.45, 7) is 8.44. The van der Waals surface area contributed by atoms with Crippen LogP contribution in [-0.4, -0.2) is 43.1 Å². The molecule has 1 fully saturated rings. The van der Waals surface area contributed by atoms with Crippen molar-refractivity contribution in [3.05, 3.63) is 112 Å². The third-order valence-electron chi connectivity index (χ3n) is 7.60. The number of aromatic carboxylic acids is 1. The topological polar surface area (TPSA) is 99.5 Å². The molecule has 8 nitrogen and oxygen atoms in total. The van der Waals surface area contributed by atoms with Crippen LogP contribution >= 0.6 is 12.2 Å². The van der Waals surface area contributed by atoms with E-state index in [4.69, 9.17) is 12.2 Å². The average molecular weight is 568 g/mol. The number of hydrogen-bond donors (Lipinski definition) is 3. The van der Waals surface area contributed by atoms with Crippen LogP contribution in [0.15, 0.2) is 72.9 Å². The van der Waals surface area contributed by atoms with E-state index in [9.17, 15) is 14.7 Å². The Balaban J connectivity index is 1.50. The van der Waals surface area contributed by atoms with Crippen LogP contribution in [-0.2, 0) is 4.79 Å². The molecule has 1 amide bonds. The fraction of sp³-hybridized carbons (Fsp3) is 0.250. The summed E-state index contributed by atoms with van der Waals surface area (Å²) in [4.78, 5) is 31.4. The van der Waals surface area contributed by atoms with E-state index in [2.05, 4.69) is 31.2 Å². The molecule has 5 rings (SSSR count). The second-order valence-corrected chi connectivity index (χ2v) is 10.8. The second kappa shape index (κ2) is 11.5. The SMILES string of the molecule is Cc1ccc(NC(=O)CCN2C(=S)N[C@H](c3ccccn3)[C@H]2c2cc(C)n(-c3cc(C(=O)O)ccc3C)c2C)cc1. The Morgan fingerprint density at radius 3 is 2.46 bits per heavy atom. The highest BCUT2D eigenvalue weighted by Crippen LogP contribution is 2.41. The standard InChI is InChI=1S/C32H33N5O3S/c1-19-8-12-24(13-9-19)34-28(38)14-16-36-30(29(35-32(36)41)26-7-5-6-15-33-26)25-17-21(3)37(22(25)4)27-18-23(31(39)40)11-10-20(27)2/h5-13,15,17-18,29-30H,14,16H2,1-4H3,(H,34,38)(H,35,41)(H,39,40)/t29-,30-/m1/s1. The maximum absolute atomic E-state index is 12.9. The fourth-order valence-electron chi connectivity index (χ4n) is 5.51. The molecule has 9 heteroatoms. The van der Waals surface area contributed by atoms with Gasteiger partial charge in [-0.2, -0.15) is 0 Å². The molecule has 0 spiro atoms. The number of nitrogens with one attached hydrogen (secondary N) is 2. The Labute approximate surface area is 245 Å². The summed E-state index contributed by atoms with van der Waals surface area (Å²) >= 11 is 5.82. The number of benzene rings is 2. The molecule has 1 saturated heterocycles. The van der Waals surface area contributed by atoms with Crippen molar-refractivity contribution in [1.82, 2.24) is 19.8 Å². The highest BCUT2D eigenvalue weighted by Gasteiger charge is 2.41. The number of aryl methyl sites for hydroxylation is 3. The van der Waals surface area contributed by atoms with Gasteiger partial charge in [0.15, 0.2) is 5.11 Å². The molecule has 0 saturated carbocycles. The molecule has 1 aliphatic heterocycles. The van der Waals surface area contributed by atoms with Crippen LogP contribution in [0.4, 0.5) is 5.69 Å². The zero-order valence-corrected chi connectivity index (χ0v) is 24.3. The first-order valence-electron chi connectivity index (χ1n) is 13.5. The van der Waals surface area contributed by atoms with Crippen LogP contribution in [0.3, 0.4) is 0 Å². The lowest BCUT2D eigenvalue weighted by atomic mass is 9.96. The minimum Gasteiger partial charge on any atom is -0.478 e. The van der Waals surface area contributed by atoms with E-state index in [1.165, 1.54) is 0 Å². The molecular formula is C32H33N5O3S. The van der Waals surface area contributed by atoms with Crippen LogP contribution in [0, 0.1) is 27.7 Å². The van der Waals surface area contributed by atoms with Crippen molar-refractivity contribution in [3.8, 4) is 5.69 Å². The molecule has 41 heavy (non-hydrogen) atoms. The number of aromatic nitrogens is 2. The van der Waals surface area contributed by atoms with E-state index in [0.717, 1.165) is 45.1 Å². The van der Waals surface area contributed by atoms with E-state index < -0.39 is 5.97 Å². The number of anilines is 1. The van der Waals surface area contributed by atoms with Gasteiger partial charge in [0.05, 0.1) is 23.3 Å². The van der Waals surface area contributed by atoms with Gasteiger partial charge in [0, 0.05) is 41.9 Å². The Morgan fingerprint density at radius 1 is 1.02 bits per heavy atom. The van der Waals surface area contributed by atoms with Crippen LogP contribution in [0.2, 0.25) is 0 Å². The zero-order chi connectivity index (χ0) is 29.3. The summed E-state index contributed by atoms with van der Waals surface area (Å²) < 4.78 is 2.09. The quantitative estimate of drug-likeness (QED) is 0.231. The molecule has 3 N–H and O–H groups in total. The molecule has 2 aromatic carbocycles. The largest absolute Gasteiger partial charge is 0.478 e. The number of carbonyl (C=O) groups excluding carboxylic acids is 1. The molecule has 4 aromatic rings.